The predicted molar refractivity (Wildman–Crippen MR) is 71.4 cm³/mol. The van der Waals surface area contributed by atoms with Crippen LogP contribution >= 0.6 is 24.0 Å². The monoisotopic (exact) mass is 260 g/mol. The Bertz CT molecular complexity index is 312. The van der Waals surface area contributed by atoms with Gasteiger partial charge in [0.15, 0.2) is 0 Å². The van der Waals surface area contributed by atoms with E-state index in [1.54, 1.807) is 0 Å². The minimum atomic E-state index is 0. The van der Waals surface area contributed by atoms with Crippen LogP contribution in [0.5, 0.6) is 0 Å². The van der Waals surface area contributed by atoms with Crippen molar-refractivity contribution in [1.82, 2.24) is 10.6 Å². The van der Waals surface area contributed by atoms with Gasteiger partial charge in [0.2, 0.25) is 0 Å². The molecule has 0 saturated carbocycles. The largest absolute Gasteiger partial charge is 0.313 e. The fourth-order valence-electron chi connectivity index (χ4n) is 1.95. The van der Waals surface area contributed by atoms with E-state index in [1.165, 1.54) is 24.9 Å². The second-order valence-corrected chi connectivity index (χ2v) is 4.42. The van der Waals surface area contributed by atoms with E-state index in [4.69, 9.17) is 11.6 Å². The van der Waals surface area contributed by atoms with Crippen LogP contribution in [-0.4, -0.2) is 19.1 Å². The van der Waals surface area contributed by atoms with E-state index in [0.717, 1.165) is 18.1 Å². The van der Waals surface area contributed by atoms with Gasteiger partial charge < -0.3 is 10.6 Å². The fourth-order valence-corrected chi connectivity index (χ4v) is 2.16. The van der Waals surface area contributed by atoms with Gasteiger partial charge in [-0.15, -0.1) is 12.4 Å². The van der Waals surface area contributed by atoms with Crippen LogP contribution in [0.15, 0.2) is 24.3 Å². The van der Waals surface area contributed by atoms with Gasteiger partial charge in [0.05, 0.1) is 0 Å². The van der Waals surface area contributed by atoms with E-state index in [-0.39, 0.29) is 12.4 Å². The molecule has 0 aliphatic carbocycles. The second-order valence-electron chi connectivity index (χ2n) is 4.02. The first-order valence-corrected chi connectivity index (χ1v) is 5.91. The number of hydrogen-bond acceptors (Lipinski definition) is 2. The molecule has 2 nitrogen and oxygen atoms in total. The van der Waals surface area contributed by atoms with E-state index >= 15 is 0 Å². The van der Waals surface area contributed by atoms with Crippen LogP contribution < -0.4 is 10.6 Å². The average molecular weight is 261 g/mol. The summed E-state index contributed by atoms with van der Waals surface area (Å²) in [5, 5.41) is 7.75. The van der Waals surface area contributed by atoms with Crippen molar-refractivity contribution in [2.24, 2.45) is 0 Å². The molecule has 4 heteroatoms. The van der Waals surface area contributed by atoms with Crippen molar-refractivity contribution >= 4 is 24.0 Å². The zero-order valence-corrected chi connectivity index (χ0v) is 10.8. The number of hydrogen-bond donors (Lipinski definition) is 2. The molecule has 1 aliphatic heterocycles. The minimum absolute atomic E-state index is 0. The zero-order valence-electron chi connectivity index (χ0n) is 9.21. The Balaban J connectivity index is 0.00000128. The quantitative estimate of drug-likeness (QED) is 0.870. The van der Waals surface area contributed by atoms with Crippen LogP contribution in [0.2, 0.25) is 5.02 Å². The number of nitrogens with one attached hydrogen (secondary N) is 2. The molecule has 1 aliphatic rings. The molecule has 1 heterocycles. The maximum atomic E-state index is 6.06. The summed E-state index contributed by atoms with van der Waals surface area (Å²) in [6, 6.07) is 8.64. The Hall–Kier alpha value is -0.280. The highest BCUT2D eigenvalue weighted by Gasteiger charge is 2.12. The fraction of sp³-hybridized carbons (Fsp3) is 0.500. The molecule has 0 amide bonds. The van der Waals surface area contributed by atoms with Crippen LogP contribution in [0.25, 0.3) is 0 Å². The lowest BCUT2D eigenvalue weighted by Crippen LogP contribution is -2.33. The van der Waals surface area contributed by atoms with E-state index in [0.29, 0.717) is 6.04 Å². The molecule has 0 radical (unpaired) electrons. The van der Waals surface area contributed by atoms with Gasteiger partial charge in [0.25, 0.3) is 0 Å². The molecular formula is C12H18Cl2N2. The lowest BCUT2D eigenvalue weighted by Gasteiger charge is -2.11. The normalized spacial score (nSPS) is 19.4. The van der Waals surface area contributed by atoms with E-state index in [1.807, 2.05) is 18.2 Å². The predicted octanol–water partition coefficient (Wildman–Crippen LogP) is 2.60. The van der Waals surface area contributed by atoms with Gasteiger partial charge in [0.1, 0.15) is 0 Å². The molecule has 2 rings (SSSR count). The Labute approximate surface area is 108 Å². The van der Waals surface area contributed by atoms with Crippen molar-refractivity contribution in [2.75, 3.05) is 13.1 Å². The average Bonchev–Trinajstić information content (AvgIpc) is 2.74. The molecule has 16 heavy (non-hydrogen) atoms. The number of rotatable bonds is 4. The van der Waals surface area contributed by atoms with Gasteiger partial charge in [0, 0.05) is 24.2 Å². The molecule has 1 aromatic rings. The zero-order chi connectivity index (χ0) is 10.5. The number of benzene rings is 1. The van der Waals surface area contributed by atoms with Gasteiger partial charge in [-0.1, -0.05) is 29.8 Å². The van der Waals surface area contributed by atoms with Crippen molar-refractivity contribution in [3.05, 3.63) is 34.9 Å². The van der Waals surface area contributed by atoms with Gasteiger partial charge in [-0.2, -0.15) is 0 Å². The van der Waals surface area contributed by atoms with Crippen LogP contribution in [0.3, 0.4) is 0 Å². The van der Waals surface area contributed by atoms with Gasteiger partial charge in [-0.3, -0.25) is 0 Å². The summed E-state index contributed by atoms with van der Waals surface area (Å²) >= 11 is 6.06. The van der Waals surface area contributed by atoms with Crippen LogP contribution in [0.1, 0.15) is 18.4 Å². The molecule has 90 valence electrons. The van der Waals surface area contributed by atoms with Crippen LogP contribution in [-0.2, 0) is 6.54 Å². The minimum Gasteiger partial charge on any atom is -0.313 e. The second kappa shape index (κ2) is 7.13. The van der Waals surface area contributed by atoms with E-state index in [2.05, 4.69) is 16.7 Å². The smallest absolute Gasteiger partial charge is 0.0450 e. The van der Waals surface area contributed by atoms with Crippen LogP contribution in [0, 0.1) is 0 Å². The Morgan fingerprint density at radius 2 is 2.19 bits per heavy atom. The Morgan fingerprint density at radius 1 is 1.38 bits per heavy atom. The molecule has 1 fully saturated rings. The summed E-state index contributed by atoms with van der Waals surface area (Å²) in [6.07, 6.45) is 2.59. The lowest BCUT2D eigenvalue weighted by molar-refractivity contribution is 0.536. The molecule has 2 N–H and O–H groups in total. The molecule has 1 saturated heterocycles. The van der Waals surface area contributed by atoms with E-state index in [9.17, 15) is 0 Å². The summed E-state index contributed by atoms with van der Waals surface area (Å²) in [6.45, 7) is 3.06. The summed E-state index contributed by atoms with van der Waals surface area (Å²) in [5.74, 6) is 0. The first-order chi connectivity index (χ1) is 7.36. The third-order valence-corrected chi connectivity index (χ3v) is 3.20. The van der Waals surface area contributed by atoms with Gasteiger partial charge >= 0.3 is 0 Å². The van der Waals surface area contributed by atoms with Crippen molar-refractivity contribution in [3.8, 4) is 0 Å². The van der Waals surface area contributed by atoms with Gasteiger partial charge in [-0.25, -0.2) is 0 Å². The first-order valence-electron chi connectivity index (χ1n) is 5.54. The first kappa shape index (κ1) is 13.8. The van der Waals surface area contributed by atoms with Crippen molar-refractivity contribution in [1.29, 1.82) is 0 Å². The highest BCUT2D eigenvalue weighted by molar-refractivity contribution is 6.31. The Kier molecular flexibility index (Phi) is 6.14. The molecule has 0 aromatic heterocycles. The third kappa shape index (κ3) is 3.95. The van der Waals surface area contributed by atoms with E-state index < -0.39 is 0 Å². The summed E-state index contributed by atoms with van der Waals surface area (Å²) in [7, 11) is 0. The van der Waals surface area contributed by atoms with Gasteiger partial charge in [-0.05, 0) is 31.0 Å². The van der Waals surface area contributed by atoms with Crippen molar-refractivity contribution < 1.29 is 0 Å². The topological polar surface area (TPSA) is 24.1 Å². The molecule has 0 spiro atoms. The number of halogens is 2. The highest BCUT2D eigenvalue weighted by Crippen LogP contribution is 2.14. The van der Waals surface area contributed by atoms with Crippen molar-refractivity contribution in [2.45, 2.75) is 25.4 Å². The standard InChI is InChI=1S/C12H17ClN2.ClH/c13-12-6-2-1-4-10(12)8-14-9-11-5-3-7-15-11;/h1-2,4,6,11,14-15H,3,5,7-9H2;1H. The Morgan fingerprint density at radius 3 is 2.88 bits per heavy atom. The summed E-state index contributed by atoms with van der Waals surface area (Å²) in [5.41, 5.74) is 1.18. The molecule has 0 bridgehead atoms. The molecule has 1 unspecified atom stereocenters. The van der Waals surface area contributed by atoms with Crippen molar-refractivity contribution in [3.63, 3.8) is 0 Å². The maximum Gasteiger partial charge on any atom is 0.0450 e. The summed E-state index contributed by atoms with van der Waals surface area (Å²) in [4.78, 5) is 0. The third-order valence-electron chi connectivity index (χ3n) is 2.83. The SMILES string of the molecule is Cl.Clc1ccccc1CNCC1CCCN1. The molecule has 1 aromatic carbocycles. The molecular weight excluding hydrogens is 243 g/mol. The lowest BCUT2D eigenvalue weighted by atomic mass is 10.2. The molecule has 1 atom stereocenters. The summed E-state index contributed by atoms with van der Waals surface area (Å²) < 4.78 is 0. The maximum absolute atomic E-state index is 6.06. The highest BCUT2D eigenvalue weighted by atomic mass is 35.5. The van der Waals surface area contributed by atoms with Crippen LogP contribution in [0.4, 0.5) is 0 Å².